The number of fused-ring (bicyclic) bond motifs is 1. The van der Waals surface area contributed by atoms with E-state index in [4.69, 9.17) is 9.72 Å². The zero-order chi connectivity index (χ0) is 25.5. The molecule has 0 aliphatic carbocycles. The molecule has 2 N–H and O–H groups in total. The zero-order valence-electron chi connectivity index (χ0n) is 21.3. The van der Waals surface area contributed by atoms with E-state index in [2.05, 4.69) is 51.8 Å². The number of aromatic hydroxyl groups is 1. The Morgan fingerprint density at radius 3 is 2.23 bits per heavy atom. The van der Waals surface area contributed by atoms with Crippen LogP contribution in [-0.4, -0.2) is 32.6 Å². The summed E-state index contributed by atoms with van der Waals surface area (Å²) in [6.07, 6.45) is 3.56. The Hall–Kier alpha value is -3.87. The van der Waals surface area contributed by atoms with Crippen LogP contribution in [0.25, 0.3) is 17.0 Å². The van der Waals surface area contributed by atoms with Crippen molar-refractivity contribution in [2.24, 2.45) is 0 Å². The average Bonchev–Trinajstić information content (AvgIpc) is 3.16. The number of benzene rings is 2. The number of rotatable bonds is 4. The third kappa shape index (κ3) is 4.58. The quantitative estimate of drug-likeness (QED) is 0.343. The van der Waals surface area contributed by atoms with Gasteiger partial charge in [0.05, 0.1) is 18.4 Å². The fraction of sp³-hybridized carbons (Fsp3) is 0.321. The van der Waals surface area contributed by atoms with Gasteiger partial charge in [0.2, 0.25) is 5.78 Å². The molecule has 0 atom stereocenters. The standard InChI is InChI=1S/C28H32N4O3/c1-27(2,3)19-15-17(16-20(23(19)33)28(4,5)6)22-24(32-14-10-13-29-26(32)31-22)30-21-12-9-8-11-18(21)25(34)35-7/h8-16,30,33H,1-7H3. The maximum Gasteiger partial charge on any atom is 0.339 e. The molecule has 0 radical (unpaired) electrons. The third-order valence-electron chi connectivity index (χ3n) is 5.99. The first-order valence-corrected chi connectivity index (χ1v) is 11.6. The lowest BCUT2D eigenvalue weighted by Gasteiger charge is -2.28. The van der Waals surface area contributed by atoms with Crippen molar-refractivity contribution in [3.63, 3.8) is 0 Å². The number of aromatic nitrogens is 3. The van der Waals surface area contributed by atoms with Gasteiger partial charge in [0.1, 0.15) is 17.3 Å². The lowest BCUT2D eigenvalue weighted by atomic mass is 9.78. The van der Waals surface area contributed by atoms with E-state index in [0.717, 1.165) is 16.7 Å². The number of carbonyl (C=O) groups is 1. The van der Waals surface area contributed by atoms with E-state index in [9.17, 15) is 9.90 Å². The molecule has 2 heterocycles. The second kappa shape index (κ2) is 8.73. The molecule has 0 bridgehead atoms. The van der Waals surface area contributed by atoms with E-state index >= 15 is 0 Å². The van der Waals surface area contributed by atoms with Crippen molar-refractivity contribution in [1.82, 2.24) is 14.4 Å². The molecule has 35 heavy (non-hydrogen) atoms. The molecule has 0 aliphatic heterocycles. The summed E-state index contributed by atoms with van der Waals surface area (Å²) in [6, 6.07) is 13.0. The number of para-hydroxylation sites is 1. The smallest absolute Gasteiger partial charge is 0.339 e. The molecule has 0 unspecified atom stereocenters. The highest BCUT2D eigenvalue weighted by Crippen LogP contribution is 2.43. The Balaban J connectivity index is 1.99. The molecule has 0 amide bonds. The highest BCUT2D eigenvalue weighted by Gasteiger charge is 2.28. The summed E-state index contributed by atoms with van der Waals surface area (Å²) >= 11 is 0. The van der Waals surface area contributed by atoms with Gasteiger partial charge in [-0.25, -0.2) is 14.8 Å². The van der Waals surface area contributed by atoms with Gasteiger partial charge in [-0.05, 0) is 41.2 Å². The van der Waals surface area contributed by atoms with Crippen molar-refractivity contribution >= 4 is 23.3 Å². The van der Waals surface area contributed by atoms with Crippen molar-refractivity contribution < 1.29 is 14.6 Å². The molecule has 0 fully saturated rings. The number of imidazole rings is 1. The molecule has 182 valence electrons. The first-order valence-electron chi connectivity index (χ1n) is 11.6. The summed E-state index contributed by atoms with van der Waals surface area (Å²) in [5, 5.41) is 14.6. The fourth-order valence-corrected chi connectivity index (χ4v) is 4.13. The van der Waals surface area contributed by atoms with Crippen molar-refractivity contribution in [1.29, 1.82) is 0 Å². The molecule has 0 spiro atoms. The monoisotopic (exact) mass is 472 g/mol. The van der Waals surface area contributed by atoms with Crippen molar-refractivity contribution in [3.8, 4) is 17.0 Å². The number of ether oxygens (including phenoxy) is 1. The Morgan fingerprint density at radius 1 is 1.00 bits per heavy atom. The number of anilines is 2. The molecule has 0 saturated heterocycles. The van der Waals surface area contributed by atoms with E-state index in [1.807, 2.05) is 40.9 Å². The maximum atomic E-state index is 12.4. The van der Waals surface area contributed by atoms with Gasteiger partial charge in [0, 0.05) is 29.1 Å². The zero-order valence-corrected chi connectivity index (χ0v) is 21.3. The van der Waals surface area contributed by atoms with Crippen molar-refractivity contribution in [3.05, 3.63) is 71.5 Å². The molecule has 2 aromatic heterocycles. The van der Waals surface area contributed by atoms with Crippen LogP contribution in [0, 0.1) is 0 Å². The molecule has 4 rings (SSSR count). The van der Waals surface area contributed by atoms with Gasteiger partial charge in [-0.3, -0.25) is 4.40 Å². The van der Waals surface area contributed by atoms with Crippen LogP contribution in [0.4, 0.5) is 11.5 Å². The van der Waals surface area contributed by atoms with Gasteiger partial charge in [0.15, 0.2) is 0 Å². The van der Waals surface area contributed by atoms with Crippen LogP contribution in [0.1, 0.15) is 63.0 Å². The van der Waals surface area contributed by atoms with E-state index < -0.39 is 5.97 Å². The molecule has 4 aromatic rings. The fourth-order valence-electron chi connectivity index (χ4n) is 4.13. The van der Waals surface area contributed by atoms with E-state index in [0.29, 0.717) is 34.3 Å². The van der Waals surface area contributed by atoms with Crippen LogP contribution >= 0.6 is 0 Å². The summed E-state index contributed by atoms with van der Waals surface area (Å²) in [6.45, 7) is 12.5. The minimum atomic E-state index is -0.434. The van der Waals surface area contributed by atoms with Crippen LogP contribution < -0.4 is 5.32 Å². The SMILES string of the molecule is COC(=O)c1ccccc1Nc1c(-c2cc(C(C)(C)C)c(O)c(C(C)(C)C)c2)nc2ncccn12. The highest BCUT2D eigenvalue weighted by molar-refractivity contribution is 5.97. The number of hydrogen-bond donors (Lipinski definition) is 2. The lowest BCUT2D eigenvalue weighted by molar-refractivity contribution is 0.0602. The Kier molecular flexibility index (Phi) is 6.05. The molecular weight excluding hydrogens is 440 g/mol. The van der Waals surface area contributed by atoms with Gasteiger partial charge in [-0.15, -0.1) is 0 Å². The number of nitrogens with zero attached hydrogens (tertiary/aromatic N) is 3. The molecule has 0 saturated carbocycles. The summed E-state index contributed by atoms with van der Waals surface area (Å²) < 4.78 is 6.83. The van der Waals surface area contributed by atoms with Gasteiger partial charge < -0.3 is 15.2 Å². The Labute approximate surface area is 205 Å². The summed E-state index contributed by atoms with van der Waals surface area (Å²) in [7, 11) is 1.36. The van der Waals surface area contributed by atoms with Crippen LogP contribution in [0.15, 0.2) is 54.9 Å². The number of methoxy groups -OCH3 is 1. The third-order valence-corrected chi connectivity index (χ3v) is 5.99. The van der Waals surface area contributed by atoms with Crippen LogP contribution in [0.3, 0.4) is 0 Å². The largest absolute Gasteiger partial charge is 0.507 e. The number of phenols is 1. The number of phenolic OH excluding ortho intramolecular Hbond substituents is 1. The summed E-state index contributed by atoms with van der Waals surface area (Å²) in [5.41, 5.74) is 3.62. The number of nitrogens with one attached hydrogen (secondary N) is 1. The van der Waals surface area contributed by atoms with Gasteiger partial charge in [-0.1, -0.05) is 53.7 Å². The first kappa shape index (κ1) is 24.3. The molecular formula is C28H32N4O3. The normalized spacial score (nSPS) is 12.1. The highest BCUT2D eigenvalue weighted by atomic mass is 16.5. The molecule has 0 aliphatic rings. The van der Waals surface area contributed by atoms with E-state index in [-0.39, 0.29) is 10.8 Å². The van der Waals surface area contributed by atoms with Gasteiger partial charge >= 0.3 is 5.97 Å². The topological polar surface area (TPSA) is 88.8 Å². The van der Waals surface area contributed by atoms with Gasteiger partial charge in [-0.2, -0.15) is 0 Å². The second-order valence-electron chi connectivity index (χ2n) is 10.7. The van der Waals surface area contributed by atoms with Crippen molar-refractivity contribution in [2.75, 3.05) is 12.4 Å². The minimum absolute atomic E-state index is 0.289. The summed E-state index contributed by atoms with van der Waals surface area (Å²) in [4.78, 5) is 21.7. The van der Waals surface area contributed by atoms with E-state index in [1.54, 1.807) is 18.3 Å². The second-order valence-corrected chi connectivity index (χ2v) is 10.7. The van der Waals surface area contributed by atoms with Crippen molar-refractivity contribution in [2.45, 2.75) is 52.4 Å². The van der Waals surface area contributed by atoms with E-state index in [1.165, 1.54) is 7.11 Å². The molecule has 2 aromatic carbocycles. The minimum Gasteiger partial charge on any atom is -0.507 e. The Morgan fingerprint density at radius 2 is 1.63 bits per heavy atom. The van der Waals surface area contributed by atoms with Gasteiger partial charge in [0.25, 0.3) is 0 Å². The average molecular weight is 473 g/mol. The predicted molar refractivity (Wildman–Crippen MR) is 139 cm³/mol. The van der Waals surface area contributed by atoms with Crippen LogP contribution in [0.2, 0.25) is 0 Å². The molecule has 7 nitrogen and oxygen atoms in total. The summed E-state index contributed by atoms with van der Waals surface area (Å²) in [5.74, 6) is 1.05. The predicted octanol–water partition coefficient (Wildman–Crippen LogP) is 6.23. The number of hydrogen-bond acceptors (Lipinski definition) is 6. The number of carbonyl (C=O) groups excluding carboxylic acids is 1. The van der Waals surface area contributed by atoms with Crippen LogP contribution in [-0.2, 0) is 15.6 Å². The maximum absolute atomic E-state index is 12.4. The number of esters is 1. The lowest BCUT2D eigenvalue weighted by Crippen LogP contribution is -2.17. The first-order chi connectivity index (χ1) is 16.4. The van der Waals surface area contributed by atoms with Crippen LogP contribution in [0.5, 0.6) is 5.75 Å². The molecule has 7 heteroatoms. The Bertz CT molecular complexity index is 1370.